The van der Waals surface area contributed by atoms with Crippen LogP contribution in [-0.2, 0) is 6.42 Å². The summed E-state index contributed by atoms with van der Waals surface area (Å²) < 4.78 is 0. The van der Waals surface area contributed by atoms with E-state index in [1.165, 1.54) is 43.6 Å². The number of aryl methyl sites for hydroxylation is 1. The third-order valence-electron chi connectivity index (χ3n) is 4.73. The highest BCUT2D eigenvalue weighted by molar-refractivity contribution is 5.30. The fourth-order valence-corrected chi connectivity index (χ4v) is 3.62. The smallest absolute Gasteiger partial charge is 0.0473 e. The van der Waals surface area contributed by atoms with E-state index in [9.17, 15) is 0 Å². The largest absolute Gasteiger partial charge is 0.329 e. The predicted molar refractivity (Wildman–Crippen MR) is 90.5 cm³/mol. The number of hydrogen-bond acceptors (Lipinski definition) is 3. The number of nitrogens with two attached hydrogens (primary N) is 1. The Kier molecular flexibility index (Phi) is 6.22. The maximum absolute atomic E-state index is 6.12. The number of benzene rings is 1. The summed E-state index contributed by atoms with van der Waals surface area (Å²) in [6.45, 7) is 6.52. The van der Waals surface area contributed by atoms with E-state index in [0.717, 1.165) is 18.9 Å². The summed E-state index contributed by atoms with van der Waals surface area (Å²) in [6.07, 6.45) is 3.68. The Bertz CT molecular complexity index is 422. The van der Waals surface area contributed by atoms with E-state index in [0.29, 0.717) is 6.04 Å². The van der Waals surface area contributed by atoms with Crippen LogP contribution in [0.4, 0.5) is 0 Å². The van der Waals surface area contributed by atoms with E-state index in [1.807, 2.05) is 0 Å². The molecule has 3 heteroatoms. The summed E-state index contributed by atoms with van der Waals surface area (Å²) >= 11 is 0. The third kappa shape index (κ3) is 4.29. The molecule has 1 atom stereocenters. The van der Waals surface area contributed by atoms with Gasteiger partial charge in [-0.15, -0.1) is 0 Å². The first-order chi connectivity index (χ1) is 10.2. The Labute approximate surface area is 130 Å². The van der Waals surface area contributed by atoms with Crippen LogP contribution >= 0.6 is 0 Å². The van der Waals surface area contributed by atoms with Gasteiger partial charge in [0.1, 0.15) is 0 Å². The molecule has 1 aromatic rings. The number of likely N-dealkylation sites (tertiary alicyclic amines) is 1. The molecular formula is C18H31N3. The van der Waals surface area contributed by atoms with Crippen molar-refractivity contribution in [2.45, 2.75) is 32.2 Å². The molecule has 1 saturated heterocycles. The molecule has 1 aromatic carbocycles. The van der Waals surface area contributed by atoms with E-state index in [-0.39, 0.29) is 0 Å². The molecule has 2 rings (SSSR count). The Morgan fingerprint density at radius 3 is 2.48 bits per heavy atom. The van der Waals surface area contributed by atoms with Crippen molar-refractivity contribution >= 4 is 0 Å². The minimum absolute atomic E-state index is 0.390. The summed E-state index contributed by atoms with van der Waals surface area (Å²) in [4.78, 5) is 4.91. The zero-order valence-corrected chi connectivity index (χ0v) is 13.9. The first kappa shape index (κ1) is 16.5. The van der Waals surface area contributed by atoms with Gasteiger partial charge in [-0.25, -0.2) is 0 Å². The number of hydrogen-bond donors (Lipinski definition) is 1. The summed E-state index contributed by atoms with van der Waals surface area (Å²) in [5.41, 5.74) is 9.01. The van der Waals surface area contributed by atoms with Crippen LogP contribution in [0.1, 0.15) is 36.9 Å². The van der Waals surface area contributed by atoms with Crippen LogP contribution in [0, 0.1) is 5.92 Å². The van der Waals surface area contributed by atoms with E-state index in [1.54, 1.807) is 0 Å². The Balaban J connectivity index is 2.03. The van der Waals surface area contributed by atoms with Crippen molar-refractivity contribution in [3.8, 4) is 0 Å². The topological polar surface area (TPSA) is 32.5 Å². The van der Waals surface area contributed by atoms with Gasteiger partial charge in [-0.05, 0) is 63.5 Å². The quantitative estimate of drug-likeness (QED) is 0.873. The van der Waals surface area contributed by atoms with E-state index in [4.69, 9.17) is 5.73 Å². The van der Waals surface area contributed by atoms with Gasteiger partial charge in [0, 0.05) is 19.1 Å². The third-order valence-corrected chi connectivity index (χ3v) is 4.73. The molecule has 2 N–H and O–H groups in total. The van der Waals surface area contributed by atoms with Crippen molar-refractivity contribution in [3.05, 3.63) is 35.4 Å². The average Bonchev–Trinajstić information content (AvgIpc) is 2.49. The van der Waals surface area contributed by atoms with E-state index >= 15 is 0 Å². The van der Waals surface area contributed by atoms with Crippen molar-refractivity contribution in [2.75, 3.05) is 40.3 Å². The molecule has 0 saturated carbocycles. The van der Waals surface area contributed by atoms with Gasteiger partial charge in [0.2, 0.25) is 0 Å². The maximum atomic E-state index is 6.12. The molecule has 1 fully saturated rings. The zero-order valence-electron chi connectivity index (χ0n) is 13.9. The molecule has 1 unspecified atom stereocenters. The lowest BCUT2D eigenvalue weighted by Crippen LogP contribution is -2.41. The van der Waals surface area contributed by atoms with Crippen molar-refractivity contribution in [2.24, 2.45) is 11.7 Å². The summed E-state index contributed by atoms with van der Waals surface area (Å²) in [5.74, 6) is 0.844. The van der Waals surface area contributed by atoms with Crippen LogP contribution < -0.4 is 5.73 Å². The van der Waals surface area contributed by atoms with Crippen LogP contribution in [0.5, 0.6) is 0 Å². The van der Waals surface area contributed by atoms with Crippen LogP contribution in [0.3, 0.4) is 0 Å². The average molecular weight is 289 g/mol. The molecule has 0 amide bonds. The minimum Gasteiger partial charge on any atom is -0.329 e. The first-order valence-corrected chi connectivity index (χ1v) is 8.32. The van der Waals surface area contributed by atoms with Crippen LogP contribution in [0.15, 0.2) is 24.3 Å². The summed E-state index contributed by atoms with van der Waals surface area (Å²) in [5, 5.41) is 0. The zero-order chi connectivity index (χ0) is 15.2. The van der Waals surface area contributed by atoms with E-state index < -0.39 is 0 Å². The molecule has 0 bridgehead atoms. The molecule has 1 aliphatic heterocycles. The van der Waals surface area contributed by atoms with Gasteiger partial charge < -0.3 is 10.6 Å². The molecule has 0 spiro atoms. The Hall–Kier alpha value is -0.900. The lowest BCUT2D eigenvalue weighted by Gasteiger charge is -2.38. The van der Waals surface area contributed by atoms with Gasteiger partial charge in [-0.1, -0.05) is 31.2 Å². The SMILES string of the molecule is CCc1ccccc1C(CN)N1CCC(CN(C)C)CC1. The van der Waals surface area contributed by atoms with Crippen molar-refractivity contribution in [1.82, 2.24) is 9.80 Å². The second-order valence-corrected chi connectivity index (χ2v) is 6.55. The van der Waals surface area contributed by atoms with Crippen molar-refractivity contribution < 1.29 is 0 Å². The number of piperidine rings is 1. The Morgan fingerprint density at radius 2 is 1.90 bits per heavy atom. The molecular weight excluding hydrogens is 258 g/mol. The molecule has 0 aromatic heterocycles. The van der Waals surface area contributed by atoms with Crippen molar-refractivity contribution in [1.29, 1.82) is 0 Å². The number of nitrogens with zero attached hydrogens (tertiary/aromatic N) is 2. The first-order valence-electron chi connectivity index (χ1n) is 8.32. The highest BCUT2D eigenvalue weighted by Gasteiger charge is 2.26. The van der Waals surface area contributed by atoms with Gasteiger partial charge in [-0.3, -0.25) is 4.90 Å². The minimum atomic E-state index is 0.390. The second kappa shape index (κ2) is 7.92. The van der Waals surface area contributed by atoms with Crippen molar-refractivity contribution in [3.63, 3.8) is 0 Å². The monoisotopic (exact) mass is 289 g/mol. The van der Waals surface area contributed by atoms with Crippen LogP contribution in [-0.4, -0.2) is 50.1 Å². The van der Waals surface area contributed by atoms with Crippen LogP contribution in [0.2, 0.25) is 0 Å². The molecule has 21 heavy (non-hydrogen) atoms. The molecule has 118 valence electrons. The van der Waals surface area contributed by atoms with Crippen LogP contribution in [0.25, 0.3) is 0 Å². The predicted octanol–water partition coefficient (Wildman–Crippen LogP) is 2.52. The van der Waals surface area contributed by atoms with Gasteiger partial charge in [0.25, 0.3) is 0 Å². The molecule has 1 heterocycles. The fraction of sp³-hybridized carbons (Fsp3) is 0.667. The summed E-state index contributed by atoms with van der Waals surface area (Å²) in [6, 6.07) is 9.19. The normalized spacial score (nSPS) is 19.1. The van der Waals surface area contributed by atoms with Gasteiger partial charge in [0.15, 0.2) is 0 Å². The Morgan fingerprint density at radius 1 is 1.24 bits per heavy atom. The molecule has 3 nitrogen and oxygen atoms in total. The van der Waals surface area contributed by atoms with Gasteiger partial charge in [0.05, 0.1) is 0 Å². The number of rotatable bonds is 6. The summed E-state index contributed by atoms with van der Waals surface area (Å²) in [7, 11) is 4.35. The second-order valence-electron chi connectivity index (χ2n) is 6.55. The van der Waals surface area contributed by atoms with E-state index in [2.05, 4.69) is 55.1 Å². The highest BCUT2D eigenvalue weighted by atomic mass is 15.2. The van der Waals surface area contributed by atoms with Gasteiger partial charge >= 0.3 is 0 Å². The molecule has 1 aliphatic rings. The fourth-order valence-electron chi connectivity index (χ4n) is 3.62. The molecule has 0 aliphatic carbocycles. The molecule has 0 radical (unpaired) electrons. The maximum Gasteiger partial charge on any atom is 0.0473 e. The lowest BCUT2D eigenvalue weighted by molar-refractivity contribution is 0.122. The standard InChI is InChI=1S/C18H31N3/c1-4-16-7-5-6-8-17(16)18(13-19)21-11-9-15(10-12-21)14-20(2)3/h5-8,15,18H,4,9-14,19H2,1-3H3. The highest BCUT2D eigenvalue weighted by Crippen LogP contribution is 2.28. The van der Waals surface area contributed by atoms with Gasteiger partial charge in [-0.2, -0.15) is 0 Å². The lowest BCUT2D eigenvalue weighted by atomic mass is 9.92.